The highest BCUT2D eigenvalue weighted by Gasteiger charge is 1.97. The Kier molecular flexibility index (Phi) is 8.19. The smallest absolute Gasteiger partial charge is 0.302 e. The molecule has 0 amide bonds. The predicted molar refractivity (Wildman–Crippen MR) is 66.9 cm³/mol. The fraction of sp³-hybridized carbons (Fsp3) is 0.583. The Hall–Kier alpha value is -0.700. The van der Waals surface area contributed by atoms with E-state index in [2.05, 4.69) is 6.58 Å². The second kappa shape index (κ2) is 8.60. The Bertz CT molecular complexity index is 244. The van der Waals surface area contributed by atoms with Crippen LogP contribution in [0.1, 0.15) is 33.1 Å². The summed E-state index contributed by atoms with van der Waals surface area (Å²) in [5.74, 6) is -0.228. The maximum Gasteiger partial charge on any atom is 0.302 e. The Morgan fingerprint density at radius 1 is 1.40 bits per heavy atom. The predicted octanol–water partition coefficient (Wildman–Crippen LogP) is 3.54. The molecule has 0 N–H and O–H groups in total. The standard InChI is InChI=1S/C12H20O2S/c1-10(2)6-5-7-12(15-4)8-9-14-11(3)13/h8H,1,5-7,9H2,2-4H3/b12-8-. The van der Waals surface area contributed by atoms with Gasteiger partial charge in [-0.05, 0) is 43.4 Å². The van der Waals surface area contributed by atoms with Gasteiger partial charge in [0, 0.05) is 6.92 Å². The third kappa shape index (κ3) is 9.60. The van der Waals surface area contributed by atoms with Crippen molar-refractivity contribution in [3.8, 4) is 0 Å². The van der Waals surface area contributed by atoms with E-state index in [9.17, 15) is 4.79 Å². The minimum Gasteiger partial charge on any atom is -0.462 e. The molecule has 0 fully saturated rings. The number of carbonyl (C=O) groups excluding carboxylic acids is 1. The molecule has 0 aliphatic carbocycles. The number of rotatable bonds is 7. The highest BCUT2D eigenvalue weighted by Crippen LogP contribution is 2.19. The maximum atomic E-state index is 10.5. The topological polar surface area (TPSA) is 26.3 Å². The van der Waals surface area contributed by atoms with Crippen LogP contribution in [0.4, 0.5) is 0 Å². The molecule has 0 rings (SSSR count). The van der Waals surface area contributed by atoms with Gasteiger partial charge in [-0.1, -0.05) is 5.57 Å². The van der Waals surface area contributed by atoms with Crippen LogP contribution < -0.4 is 0 Å². The molecule has 0 aromatic heterocycles. The second-order valence-corrected chi connectivity index (χ2v) is 4.42. The molecule has 0 radical (unpaired) electrons. The van der Waals surface area contributed by atoms with E-state index in [0.717, 1.165) is 19.3 Å². The van der Waals surface area contributed by atoms with E-state index < -0.39 is 0 Å². The van der Waals surface area contributed by atoms with Crippen molar-refractivity contribution >= 4 is 17.7 Å². The average Bonchev–Trinajstić information content (AvgIpc) is 2.14. The zero-order valence-corrected chi connectivity index (χ0v) is 10.7. The Balaban J connectivity index is 3.79. The highest BCUT2D eigenvalue weighted by molar-refractivity contribution is 8.02. The van der Waals surface area contributed by atoms with E-state index in [1.54, 1.807) is 11.8 Å². The number of carbonyl (C=O) groups is 1. The van der Waals surface area contributed by atoms with E-state index in [4.69, 9.17) is 4.74 Å². The van der Waals surface area contributed by atoms with Crippen molar-refractivity contribution in [3.05, 3.63) is 23.1 Å². The van der Waals surface area contributed by atoms with Crippen LogP contribution >= 0.6 is 11.8 Å². The molecular weight excluding hydrogens is 208 g/mol. The molecule has 0 spiro atoms. The molecule has 0 aromatic carbocycles. The van der Waals surface area contributed by atoms with Crippen LogP contribution in [-0.4, -0.2) is 18.8 Å². The number of hydrogen-bond acceptors (Lipinski definition) is 3. The van der Waals surface area contributed by atoms with Crippen molar-refractivity contribution in [3.63, 3.8) is 0 Å². The minimum atomic E-state index is -0.228. The molecule has 0 heterocycles. The van der Waals surface area contributed by atoms with Crippen LogP contribution in [-0.2, 0) is 9.53 Å². The first-order valence-corrected chi connectivity index (χ1v) is 6.29. The molecule has 0 saturated carbocycles. The van der Waals surface area contributed by atoms with Crippen LogP contribution in [0.15, 0.2) is 23.1 Å². The number of ether oxygens (including phenoxy) is 1. The molecular formula is C12H20O2S. The van der Waals surface area contributed by atoms with Crippen LogP contribution in [0.25, 0.3) is 0 Å². The van der Waals surface area contributed by atoms with Gasteiger partial charge in [-0.3, -0.25) is 4.79 Å². The van der Waals surface area contributed by atoms with Gasteiger partial charge < -0.3 is 4.74 Å². The van der Waals surface area contributed by atoms with Gasteiger partial charge in [0.25, 0.3) is 0 Å². The van der Waals surface area contributed by atoms with Crippen LogP contribution in [0, 0.1) is 0 Å². The molecule has 0 bridgehead atoms. The quantitative estimate of drug-likeness (QED) is 0.492. The summed E-state index contributed by atoms with van der Waals surface area (Å²) in [5, 5.41) is 0. The molecule has 3 heteroatoms. The summed E-state index contributed by atoms with van der Waals surface area (Å²) in [6.07, 6.45) is 7.23. The first-order valence-electron chi connectivity index (χ1n) is 5.07. The van der Waals surface area contributed by atoms with Gasteiger partial charge in [-0.15, -0.1) is 18.3 Å². The summed E-state index contributed by atoms with van der Waals surface area (Å²) in [5.41, 5.74) is 1.22. The molecule has 0 aliphatic heterocycles. The van der Waals surface area contributed by atoms with E-state index in [1.165, 1.54) is 17.4 Å². The number of allylic oxidation sites excluding steroid dienone is 2. The molecule has 0 aliphatic rings. The lowest BCUT2D eigenvalue weighted by atomic mass is 10.1. The Morgan fingerprint density at radius 2 is 2.07 bits per heavy atom. The third-order valence-corrected chi connectivity index (χ3v) is 2.78. The van der Waals surface area contributed by atoms with Gasteiger partial charge in [-0.2, -0.15) is 0 Å². The summed E-state index contributed by atoms with van der Waals surface area (Å²) >= 11 is 1.71. The van der Waals surface area contributed by atoms with Crippen LogP contribution in [0.3, 0.4) is 0 Å². The van der Waals surface area contributed by atoms with Gasteiger partial charge in [0.15, 0.2) is 0 Å². The van der Waals surface area contributed by atoms with Crippen LogP contribution in [0.5, 0.6) is 0 Å². The minimum absolute atomic E-state index is 0.228. The summed E-state index contributed by atoms with van der Waals surface area (Å²) < 4.78 is 4.86. The van der Waals surface area contributed by atoms with Gasteiger partial charge in [0.2, 0.25) is 0 Å². The van der Waals surface area contributed by atoms with Crippen molar-refractivity contribution in [2.45, 2.75) is 33.1 Å². The fourth-order valence-electron chi connectivity index (χ4n) is 1.10. The van der Waals surface area contributed by atoms with Crippen molar-refractivity contribution in [2.75, 3.05) is 12.9 Å². The lowest BCUT2D eigenvalue weighted by Crippen LogP contribution is -1.98. The first kappa shape index (κ1) is 14.3. The van der Waals surface area contributed by atoms with E-state index in [-0.39, 0.29) is 5.97 Å². The fourth-order valence-corrected chi connectivity index (χ4v) is 1.69. The van der Waals surface area contributed by atoms with Gasteiger partial charge in [-0.25, -0.2) is 0 Å². The van der Waals surface area contributed by atoms with Crippen molar-refractivity contribution in [1.82, 2.24) is 0 Å². The Morgan fingerprint density at radius 3 is 2.53 bits per heavy atom. The van der Waals surface area contributed by atoms with E-state index in [1.807, 2.05) is 19.3 Å². The molecule has 2 nitrogen and oxygen atoms in total. The van der Waals surface area contributed by atoms with Gasteiger partial charge in [0.05, 0.1) is 0 Å². The summed E-state index contributed by atoms with van der Waals surface area (Å²) in [6.45, 7) is 7.72. The van der Waals surface area contributed by atoms with E-state index in [0.29, 0.717) is 6.61 Å². The molecule has 86 valence electrons. The second-order valence-electron chi connectivity index (χ2n) is 3.49. The summed E-state index contributed by atoms with van der Waals surface area (Å²) in [6, 6.07) is 0. The Labute approximate surface area is 96.8 Å². The monoisotopic (exact) mass is 228 g/mol. The number of hydrogen-bond donors (Lipinski definition) is 0. The molecule has 0 unspecified atom stereocenters. The lowest BCUT2D eigenvalue weighted by Gasteiger charge is -2.04. The molecule has 15 heavy (non-hydrogen) atoms. The SMILES string of the molecule is C=C(C)CCC/C(=C/COC(C)=O)SC. The van der Waals surface area contributed by atoms with Gasteiger partial charge in [0.1, 0.15) is 6.61 Å². The lowest BCUT2D eigenvalue weighted by molar-refractivity contribution is -0.139. The van der Waals surface area contributed by atoms with Crippen molar-refractivity contribution < 1.29 is 9.53 Å². The third-order valence-electron chi connectivity index (χ3n) is 1.89. The zero-order chi connectivity index (χ0) is 11.7. The number of thioether (sulfide) groups is 1. The van der Waals surface area contributed by atoms with Crippen molar-refractivity contribution in [2.24, 2.45) is 0 Å². The first-order chi connectivity index (χ1) is 7.06. The molecule has 0 aromatic rings. The largest absolute Gasteiger partial charge is 0.462 e. The highest BCUT2D eigenvalue weighted by atomic mass is 32.2. The molecule has 0 atom stereocenters. The zero-order valence-electron chi connectivity index (χ0n) is 9.84. The summed E-state index contributed by atoms with van der Waals surface area (Å²) in [4.78, 5) is 11.8. The van der Waals surface area contributed by atoms with Crippen molar-refractivity contribution in [1.29, 1.82) is 0 Å². The van der Waals surface area contributed by atoms with Crippen LogP contribution in [0.2, 0.25) is 0 Å². The average molecular weight is 228 g/mol. The number of esters is 1. The normalized spacial score (nSPS) is 11.3. The van der Waals surface area contributed by atoms with Gasteiger partial charge >= 0.3 is 5.97 Å². The summed E-state index contributed by atoms with van der Waals surface area (Å²) in [7, 11) is 0. The van der Waals surface area contributed by atoms with E-state index >= 15 is 0 Å². The maximum absolute atomic E-state index is 10.5. The molecule has 0 saturated heterocycles.